The quantitative estimate of drug-likeness (QED) is 0.767. The Morgan fingerprint density at radius 2 is 2.00 bits per heavy atom. The van der Waals surface area contributed by atoms with Crippen molar-refractivity contribution in [3.05, 3.63) is 24.5 Å². The average Bonchev–Trinajstić information content (AvgIpc) is 2.46. The SMILES string of the molecule is CC(C(=O)O)N(C)C(=O)CN(C)S(=O)(=O)c1cccnc1. The molecule has 1 aromatic rings. The van der Waals surface area contributed by atoms with Crippen LogP contribution in [0.2, 0.25) is 0 Å². The molecule has 1 N–H and O–H groups in total. The van der Waals surface area contributed by atoms with Gasteiger partial charge in [0.05, 0.1) is 6.54 Å². The van der Waals surface area contributed by atoms with Gasteiger partial charge in [0.2, 0.25) is 15.9 Å². The number of carboxylic acids is 1. The van der Waals surface area contributed by atoms with Crippen LogP contribution < -0.4 is 0 Å². The van der Waals surface area contributed by atoms with E-state index in [9.17, 15) is 18.0 Å². The third-order valence-corrected chi connectivity index (χ3v) is 4.82. The van der Waals surface area contributed by atoms with Gasteiger partial charge in [0.1, 0.15) is 10.9 Å². The molecule has 0 radical (unpaired) electrons. The molecule has 1 amide bonds. The van der Waals surface area contributed by atoms with E-state index >= 15 is 0 Å². The summed E-state index contributed by atoms with van der Waals surface area (Å²) in [5.41, 5.74) is 0. The maximum absolute atomic E-state index is 12.2. The maximum atomic E-state index is 12.2. The van der Waals surface area contributed by atoms with E-state index in [1.807, 2.05) is 0 Å². The Morgan fingerprint density at radius 1 is 1.38 bits per heavy atom. The van der Waals surface area contributed by atoms with Gasteiger partial charge in [-0.2, -0.15) is 4.31 Å². The first-order chi connectivity index (χ1) is 9.67. The molecule has 0 aliphatic heterocycles. The number of amides is 1. The number of pyridine rings is 1. The van der Waals surface area contributed by atoms with Gasteiger partial charge in [-0.3, -0.25) is 9.78 Å². The molecule has 0 aliphatic carbocycles. The number of nitrogens with zero attached hydrogens (tertiary/aromatic N) is 3. The first kappa shape index (κ1) is 17.1. The van der Waals surface area contributed by atoms with Crippen molar-refractivity contribution in [2.24, 2.45) is 0 Å². The standard InChI is InChI=1S/C12H17N3O5S/c1-9(12(17)18)15(3)11(16)8-14(2)21(19,20)10-5-4-6-13-7-10/h4-7,9H,8H2,1-3H3,(H,17,18). The Balaban J connectivity index is 2.84. The molecule has 0 bridgehead atoms. The summed E-state index contributed by atoms with van der Waals surface area (Å²) in [6.45, 7) is 0.890. The molecule has 1 aromatic heterocycles. The minimum absolute atomic E-state index is 0.0331. The lowest BCUT2D eigenvalue weighted by atomic mass is 10.3. The van der Waals surface area contributed by atoms with Gasteiger partial charge in [-0.15, -0.1) is 0 Å². The number of carboxylic acid groups (broad SMARTS) is 1. The molecule has 1 atom stereocenters. The van der Waals surface area contributed by atoms with Crippen molar-refractivity contribution in [1.82, 2.24) is 14.2 Å². The zero-order valence-electron chi connectivity index (χ0n) is 11.9. The number of sulfonamides is 1. The molecule has 1 unspecified atom stereocenters. The Kier molecular flexibility index (Phi) is 5.39. The van der Waals surface area contributed by atoms with E-state index in [4.69, 9.17) is 5.11 Å². The zero-order valence-corrected chi connectivity index (χ0v) is 12.7. The van der Waals surface area contributed by atoms with Crippen LogP contribution in [-0.4, -0.2) is 66.3 Å². The van der Waals surface area contributed by atoms with Crippen molar-refractivity contribution >= 4 is 21.9 Å². The highest BCUT2D eigenvalue weighted by molar-refractivity contribution is 7.89. The van der Waals surface area contributed by atoms with Crippen LogP contribution >= 0.6 is 0 Å². The Morgan fingerprint density at radius 3 is 2.48 bits per heavy atom. The molecule has 0 aromatic carbocycles. The zero-order chi connectivity index (χ0) is 16.2. The van der Waals surface area contributed by atoms with E-state index < -0.39 is 34.5 Å². The van der Waals surface area contributed by atoms with Gasteiger partial charge >= 0.3 is 5.97 Å². The maximum Gasteiger partial charge on any atom is 0.326 e. The summed E-state index contributed by atoms with van der Waals surface area (Å²) in [5, 5.41) is 8.84. The number of hydrogen-bond acceptors (Lipinski definition) is 5. The molecule has 1 rings (SSSR count). The van der Waals surface area contributed by atoms with Crippen LogP contribution in [0.15, 0.2) is 29.4 Å². The van der Waals surface area contributed by atoms with Crippen molar-refractivity contribution in [3.8, 4) is 0 Å². The molecule has 0 saturated heterocycles. The fourth-order valence-electron chi connectivity index (χ4n) is 1.45. The van der Waals surface area contributed by atoms with E-state index in [1.165, 1.54) is 45.5 Å². The normalized spacial score (nSPS) is 13.0. The van der Waals surface area contributed by atoms with Gasteiger partial charge in [0.25, 0.3) is 0 Å². The summed E-state index contributed by atoms with van der Waals surface area (Å²) in [6.07, 6.45) is 2.62. The molecule has 116 valence electrons. The summed E-state index contributed by atoms with van der Waals surface area (Å²) in [7, 11) is -1.28. The van der Waals surface area contributed by atoms with Crippen LogP contribution in [0.4, 0.5) is 0 Å². The lowest BCUT2D eigenvalue weighted by molar-refractivity contribution is -0.148. The summed E-state index contributed by atoms with van der Waals surface area (Å²) in [6, 6.07) is 1.81. The highest BCUT2D eigenvalue weighted by Crippen LogP contribution is 2.12. The third kappa shape index (κ3) is 3.99. The molecule has 0 fully saturated rings. The number of aliphatic carboxylic acids is 1. The number of carbonyl (C=O) groups excluding carboxylic acids is 1. The predicted octanol–water partition coefficient (Wildman–Crippen LogP) is -0.366. The van der Waals surface area contributed by atoms with Crippen LogP contribution in [0.5, 0.6) is 0 Å². The number of rotatable bonds is 6. The summed E-state index contributed by atoms with van der Waals surface area (Å²) < 4.78 is 25.2. The summed E-state index contributed by atoms with van der Waals surface area (Å²) in [5.74, 6) is -1.77. The van der Waals surface area contributed by atoms with Gasteiger partial charge in [-0.05, 0) is 19.1 Å². The topological polar surface area (TPSA) is 108 Å². The van der Waals surface area contributed by atoms with Crippen molar-refractivity contribution in [3.63, 3.8) is 0 Å². The number of carbonyl (C=O) groups is 2. The lowest BCUT2D eigenvalue weighted by Gasteiger charge is -2.24. The van der Waals surface area contributed by atoms with Crippen LogP contribution in [0.25, 0.3) is 0 Å². The van der Waals surface area contributed by atoms with Gasteiger partial charge in [0, 0.05) is 26.5 Å². The molecule has 0 aliphatic rings. The van der Waals surface area contributed by atoms with Crippen molar-refractivity contribution in [2.75, 3.05) is 20.6 Å². The van der Waals surface area contributed by atoms with E-state index in [2.05, 4.69) is 4.98 Å². The van der Waals surface area contributed by atoms with Crippen LogP contribution in [-0.2, 0) is 19.6 Å². The number of likely N-dealkylation sites (N-methyl/N-ethyl adjacent to an activating group) is 2. The smallest absolute Gasteiger partial charge is 0.326 e. The lowest BCUT2D eigenvalue weighted by Crippen LogP contribution is -2.45. The molecule has 0 saturated carbocycles. The first-order valence-corrected chi connectivity index (χ1v) is 7.46. The molecule has 1 heterocycles. The van der Waals surface area contributed by atoms with Crippen molar-refractivity contribution in [2.45, 2.75) is 17.9 Å². The van der Waals surface area contributed by atoms with E-state index in [0.717, 1.165) is 9.21 Å². The van der Waals surface area contributed by atoms with E-state index in [0.29, 0.717) is 0 Å². The van der Waals surface area contributed by atoms with Gasteiger partial charge in [-0.1, -0.05) is 0 Å². The fraction of sp³-hybridized carbons (Fsp3) is 0.417. The molecule has 8 nitrogen and oxygen atoms in total. The molecule has 0 spiro atoms. The highest BCUT2D eigenvalue weighted by atomic mass is 32.2. The van der Waals surface area contributed by atoms with Gasteiger partial charge in [-0.25, -0.2) is 13.2 Å². The van der Waals surface area contributed by atoms with Crippen LogP contribution in [0.3, 0.4) is 0 Å². The van der Waals surface area contributed by atoms with Gasteiger partial charge in [0.15, 0.2) is 0 Å². The van der Waals surface area contributed by atoms with Crippen LogP contribution in [0, 0.1) is 0 Å². The molecule has 21 heavy (non-hydrogen) atoms. The largest absolute Gasteiger partial charge is 0.480 e. The predicted molar refractivity (Wildman–Crippen MR) is 73.9 cm³/mol. The number of aromatic nitrogens is 1. The van der Waals surface area contributed by atoms with Crippen LogP contribution in [0.1, 0.15) is 6.92 Å². The van der Waals surface area contributed by atoms with E-state index in [-0.39, 0.29) is 4.90 Å². The van der Waals surface area contributed by atoms with Crippen molar-refractivity contribution < 1.29 is 23.1 Å². The second-order valence-corrected chi connectivity index (χ2v) is 6.51. The molecular formula is C12H17N3O5S. The van der Waals surface area contributed by atoms with Crippen molar-refractivity contribution in [1.29, 1.82) is 0 Å². The first-order valence-electron chi connectivity index (χ1n) is 6.02. The third-order valence-electron chi connectivity index (χ3n) is 3.03. The Bertz CT molecular complexity index is 617. The average molecular weight is 315 g/mol. The minimum Gasteiger partial charge on any atom is -0.480 e. The second-order valence-electron chi connectivity index (χ2n) is 4.47. The summed E-state index contributed by atoms with van der Waals surface area (Å²) >= 11 is 0. The Hall–Kier alpha value is -2.00. The second kappa shape index (κ2) is 6.64. The Labute approximate surface area is 123 Å². The monoisotopic (exact) mass is 315 g/mol. The molecular weight excluding hydrogens is 298 g/mol. The van der Waals surface area contributed by atoms with Gasteiger partial charge < -0.3 is 10.0 Å². The number of hydrogen-bond donors (Lipinski definition) is 1. The highest BCUT2D eigenvalue weighted by Gasteiger charge is 2.27. The summed E-state index contributed by atoms with van der Waals surface area (Å²) in [4.78, 5) is 27.4. The van der Waals surface area contributed by atoms with E-state index in [1.54, 1.807) is 0 Å². The fourth-order valence-corrected chi connectivity index (χ4v) is 2.53. The molecule has 9 heteroatoms. The minimum atomic E-state index is -3.84.